The van der Waals surface area contributed by atoms with Crippen molar-refractivity contribution < 1.29 is 9.59 Å². The fourth-order valence-electron chi connectivity index (χ4n) is 3.53. The molecule has 7 heteroatoms. The van der Waals surface area contributed by atoms with Crippen LogP contribution in [0.15, 0.2) is 60.7 Å². The SMILES string of the molecule is O=C1NC(c2ccccc2)(c2ccccc2)C(=O)N1CCN(CCCl)CCCl. The number of hydrogen-bond acceptors (Lipinski definition) is 3. The minimum atomic E-state index is -1.22. The number of benzene rings is 2. The molecule has 0 spiro atoms. The molecule has 0 aromatic heterocycles. The lowest BCUT2D eigenvalue weighted by Gasteiger charge is -2.28. The Morgan fingerprint density at radius 1 is 0.821 bits per heavy atom. The van der Waals surface area contributed by atoms with Crippen molar-refractivity contribution in [2.45, 2.75) is 5.54 Å². The molecule has 2 aromatic carbocycles. The summed E-state index contributed by atoms with van der Waals surface area (Å²) in [6.07, 6.45) is 0. The van der Waals surface area contributed by atoms with Gasteiger partial charge in [0.1, 0.15) is 0 Å². The van der Waals surface area contributed by atoms with E-state index >= 15 is 0 Å². The number of carbonyl (C=O) groups excluding carboxylic acids is 2. The van der Waals surface area contributed by atoms with Crippen LogP contribution in [0.25, 0.3) is 0 Å². The van der Waals surface area contributed by atoms with E-state index in [1.807, 2.05) is 65.6 Å². The van der Waals surface area contributed by atoms with Crippen molar-refractivity contribution in [2.75, 3.05) is 37.9 Å². The van der Waals surface area contributed by atoms with Gasteiger partial charge in [-0.15, -0.1) is 23.2 Å². The Balaban J connectivity index is 1.91. The number of amides is 3. The molecule has 0 bridgehead atoms. The summed E-state index contributed by atoms with van der Waals surface area (Å²) in [7, 11) is 0. The molecule has 5 nitrogen and oxygen atoms in total. The van der Waals surface area contributed by atoms with Crippen molar-refractivity contribution >= 4 is 35.1 Å². The van der Waals surface area contributed by atoms with E-state index in [0.29, 0.717) is 31.4 Å². The third-order valence-corrected chi connectivity index (χ3v) is 5.30. The molecular formula is C21H23Cl2N3O2. The van der Waals surface area contributed by atoms with Gasteiger partial charge in [0.15, 0.2) is 5.54 Å². The Hall–Kier alpha value is -2.08. The normalized spacial score (nSPS) is 15.9. The van der Waals surface area contributed by atoms with Crippen molar-refractivity contribution in [3.05, 3.63) is 71.8 Å². The molecule has 0 saturated carbocycles. The molecule has 1 aliphatic rings. The van der Waals surface area contributed by atoms with Gasteiger partial charge in [-0.3, -0.25) is 14.6 Å². The highest BCUT2D eigenvalue weighted by molar-refractivity contribution is 6.18. The number of rotatable bonds is 9. The summed E-state index contributed by atoms with van der Waals surface area (Å²) in [6, 6.07) is 18.3. The minimum Gasteiger partial charge on any atom is -0.315 e. The molecule has 1 fully saturated rings. The summed E-state index contributed by atoms with van der Waals surface area (Å²) < 4.78 is 0. The average molecular weight is 420 g/mol. The Morgan fingerprint density at radius 3 is 1.79 bits per heavy atom. The molecule has 3 rings (SSSR count). The van der Waals surface area contributed by atoms with Gasteiger partial charge in [-0.1, -0.05) is 60.7 Å². The van der Waals surface area contributed by atoms with Crippen LogP contribution in [0.3, 0.4) is 0 Å². The molecule has 3 amide bonds. The fourth-order valence-corrected chi connectivity index (χ4v) is 4.01. The minimum absolute atomic E-state index is 0.272. The predicted octanol–water partition coefficient (Wildman–Crippen LogP) is 3.26. The van der Waals surface area contributed by atoms with Crippen LogP contribution in [0.4, 0.5) is 4.79 Å². The number of carbonyl (C=O) groups is 2. The highest BCUT2D eigenvalue weighted by atomic mass is 35.5. The zero-order valence-electron chi connectivity index (χ0n) is 15.5. The third kappa shape index (κ3) is 4.02. The lowest BCUT2D eigenvalue weighted by atomic mass is 9.82. The van der Waals surface area contributed by atoms with Gasteiger partial charge in [0.05, 0.1) is 0 Å². The van der Waals surface area contributed by atoms with Crippen LogP contribution < -0.4 is 5.32 Å². The van der Waals surface area contributed by atoms with Crippen LogP contribution in [0.1, 0.15) is 11.1 Å². The quantitative estimate of drug-likeness (QED) is 0.501. The number of nitrogens with one attached hydrogen (secondary N) is 1. The van der Waals surface area contributed by atoms with Crippen molar-refractivity contribution in [1.82, 2.24) is 15.1 Å². The van der Waals surface area contributed by atoms with Crippen LogP contribution >= 0.6 is 23.2 Å². The molecule has 0 aliphatic carbocycles. The van der Waals surface area contributed by atoms with Gasteiger partial charge in [-0.2, -0.15) is 0 Å². The maximum absolute atomic E-state index is 13.5. The summed E-state index contributed by atoms with van der Waals surface area (Å²) in [5.74, 6) is 0.663. The second-order valence-corrected chi connectivity index (χ2v) is 7.34. The molecule has 1 aliphatic heterocycles. The van der Waals surface area contributed by atoms with Crippen LogP contribution in [-0.4, -0.2) is 59.7 Å². The number of urea groups is 1. The summed E-state index contributed by atoms with van der Waals surface area (Å²) in [5.41, 5.74) is 0.254. The predicted molar refractivity (Wildman–Crippen MR) is 112 cm³/mol. The molecule has 0 atom stereocenters. The van der Waals surface area contributed by atoms with E-state index in [1.54, 1.807) is 0 Å². The molecule has 1 heterocycles. The number of halogens is 2. The second-order valence-electron chi connectivity index (χ2n) is 6.59. The van der Waals surface area contributed by atoms with E-state index in [1.165, 1.54) is 4.90 Å². The maximum Gasteiger partial charge on any atom is 0.325 e. The molecular weight excluding hydrogens is 397 g/mol. The first kappa shape index (κ1) is 20.6. The lowest BCUT2D eigenvalue weighted by Crippen LogP contribution is -2.45. The summed E-state index contributed by atoms with van der Waals surface area (Å²) in [4.78, 5) is 29.7. The van der Waals surface area contributed by atoms with Gasteiger partial charge >= 0.3 is 6.03 Å². The maximum atomic E-state index is 13.5. The topological polar surface area (TPSA) is 52.7 Å². The van der Waals surface area contributed by atoms with E-state index in [-0.39, 0.29) is 12.5 Å². The standard InChI is InChI=1S/C21H23Cl2N3O2/c22-11-13-25(14-12-23)15-16-26-19(27)21(24-20(26)28,17-7-3-1-4-8-17)18-9-5-2-6-10-18/h1-10H,11-16H2,(H,24,28). The zero-order valence-corrected chi connectivity index (χ0v) is 17.0. The number of alkyl halides is 2. The highest BCUT2D eigenvalue weighted by Crippen LogP contribution is 2.35. The van der Waals surface area contributed by atoms with Crippen molar-refractivity contribution in [1.29, 1.82) is 0 Å². The molecule has 2 aromatic rings. The molecule has 1 saturated heterocycles. The Bertz CT molecular complexity index is 756. The van der Waals surface area contributed by atoms with Gasteiger partial charge in [0.25, 0.3) is 5.91 Å². The first-order chi connectivity index (χ1) is 13.6. The van der Waals surface area contributed by atoms with E-state index in [4.69, 9.17) is 23.2 Å². The largest absolute Gasteiger partial charge is 0.325 e. The summed E-state index contributed by atoms with van der Waals surface area (Å²) >= 11 is 11.7. The second kappa shape index (κ2) is 9.41. The molecule has 148 valence electrons. The fraction of sp³-hybridized carbons (Fsp3) is 0.333. The van der Waals surface area contributed by atoms with Crippen LogP contribution in [0.5, 0.6) is 0 Å². The number of imide groups is 1. The van der Waals surface area contributed by atoms with Gasteiger partial charge in [0, 0.05) is 37.9 Å². The van der Waals surface area contributed by atoms with E-state index in [9.17, 15) is 9.59 Å². The summed E-state index contributed by atoms with van der Waals surface area (Å²) in [6.45, 7) is 2.11. The molecule has 28 heavy (non-hydrogen) atoms. The van der Waals surface area contributed by atoms with E-state index in [0.717, 1.165) is 11.1 Å². The Kier molecular flexibility index (Phi) is 6.94. The van der Waals surface area contributed by atoms with Gasteiger partial charge < -0.3 is 5.32 Å². The number of hydrogen-bond donors (Lipinski definition) is 1. The van der Waals surface area contributed by atoms with E-state index in [2.05, 4.69) is 5.32 Å². The van der Waals surface area contributed by atoms with E-state index < -0.39 is 11.6 Å². The van der Waals surface area contributed by atoms with Crippen molar-refractivity contribution in [3.8, 4) is 0 Å². The van der Waals surface area contributed by atoms with Crippen molar-refractivity contribution in [2.24, 2.45) is 0 Å². The smallest absolute Gasteiger partial charge is 0.315 e. The lowest BCUT2D eigenvalue weighted by molar-refractivity contribution is -0.130. The molecule has 0 unspecified atom stereocenters. The first-order valence-electron chi connectivity index (χ1n) is 9.23. The van der Waals surface area contributed by atoms with Crippen LogP contribution in [0.2, 0.25) is 0 Å². The first-order valence-corrected chi connectivity index (χ1v) is 10.3. The molecule has 0 radical (unpaired) electrons. The van der Waals surface area contributed by atoms with Gasteiger partial charge in [-0.05, 0) is 11.1 Å². The van der Waals surface area contributed by atoms with Gasteiger partial charge in [-0.25, -0.2) is 4.79 Å². The Morgan fingerprint density at radius 2 is 1.32 bits per heavy atom. The van der Waals surface area contributed by atoms with Crippen molar-refractivity contribution in [3.63, 3.8) is 0 Å². The van der Waals surface area contributed by atoms with Gasteiger partial charge in [0.2, 0.25) is 0 Å². The van der Waals surface area contributed by atoms with Crippen LogP contribution in [0, 0.1) is 0 Å². The average Bonchev–Trinajstić information content (AvgIpc) is 2.99. The summed E-state index contributed by atoms with van der Waals surface area (Å²) in [5, 5.41) is 2.95. The van der Waals surface area contributed by atoms with Crippen LogP contribution in [-0.2, 0) is 10.3 Å². The third-order valence-electron chi connectivity index (χ3n) is 4.96. The number of nitrogens with zero attached hydrogens (tertiary/aromatic N) is 2. The molecule has 1 N–H and O–H groups in total. The monoisotopic (exact) mass is 419 g/mol. The highest BCUT2D eigenvalue weighted by Gasteiger charge is 2.53. The zero-order chi connectivity index (χ0) is 20.0. The Labute approximate surface area is 175 Å².